The van der Waals surface area contributed by atoms with Crippen molar-refractivity contribution < 1.29 is 0 Å². The highest BCUT2D eigenvalue weighted by Gasteiger charge is 2.40. The lowest BCUT2D eigenvalue weighted by molar-refractivity contribution is 0.873. The Morgan fingerprint density at radius 1 is 0.731 bits per heavy atom. The monoisotopic (exact) mass is 359 g/mol. The first kappa shape index (κ1) is 17.4. The summed E-state index contributed by atoms with van der Waals surface area (Å²) in [6.07, 6.45) is 0. The Bertz CT molecular complexity index is 960. The first-order valence-electron chi connectivity index (χ1n) is 9.49. The van der Waals surface area contributed by atoms with Gasteiger partial charge in [0.05, 0.1) is 10.9 Å². The lowest BCUT2D eigenvalue weighted by Crippen LogP contribution is -2.22. The molecule has 0 saturated carbocycles. The third-order valence-electron chi connectivity index (χ3n) is 5.56. The lowest BCUT2D eigenvalue weighted by atomic mass is 9.80. The second-order valence-corrected chi connectivity index (χ2v) is 9.74. The molecule has 1 aliphatic rings. The van der Waals surface area contributed by atoms with Crippen LogP contribution in [0, 0.1) is 27.7 Å². The van der Waals surface area contributed by atoms with E-state index in [1.807, 2.05) is 0 Å². The topological polar surface area (TPSA) is 0 Å². The summed E-state index contributed by atoms with van der Waals surface area (Å²) < 4.78 is 0. The van der Waals surface area contributed by atoms with Gasteiger partial charge in [-0.15, -0.1) is 0 Å². The quantitative estimate of drug-likeness (QED) is 0.460. The zero-order valence-corrected chi connectivity index (χ0v) is 17.2. The van der Waals surface area contributed by atoms with E-state index < -0.39 is 0 Å². The van der Waals surface area contributed by atoms with Gasteiger partial charge in [-0.3, -0.25) is 0 Å². The number of aryl methyl sites for hydroxylation is 4. The van der Waals surface area contributed by atoms with Crippen molar-refractivity contribution in [2.45, 2.75) is 50.3 Å². The van der Waals surface area contributed by atoms with Crippen LogP contribution in [0.25, 0.3) is 0 Å². The van der Waals surface area contributed by atoms with Crippen molar-refractivity contribution in [2.75, 3.05) is 5.75 Å². The van der Waals surface area contributed by atoms with E-state index in [9.17, 15) is 0 Å². The van der Waals surface area contributed by atoms with E-state index in [1.54, 1.807) is 4.90 Å². The summed E-state index contributed by atoms with van der Waals surface area (Å²) in [7, 11) is 0.176. The average Bonchev–Trinajstić information content (AvgIpc) is 2.60. The maximum absolute atomic E-state index is 2.43. The van der Waals surface area contributed by atoms with E-state index in [0.29, 0.717) is 5.92 Å². The van der Waals surface area contributed by atoms with Crippen LogP contribution in [-0.4, -0.2) is 5.75 Å². The second kappa shape index (κ2) is 6.63. The van der Waals surface area contributed by atoms with Crippen LogP contribution in [0.5, 0.6) is 0 Å². The summed E-state index contributed by atoms with van der Waals surface area (Å²) in [6.45, 7) is 11.3. The van der Waals surface area contributed by atoms with Gasteiger partial charge in [-0.05, 0) is 69.0 Å². The van der Waals surface area contributed by atoms with Crippen LogP contribution in [0.4, 0.5) is 0 Å². The number of fused-ring (bicyclic) bond motifs is 2. The molecular weight excluding hydrogens is 332 g/mol. The first-order valence-corrected chi connectivity index (χ1v) is 10.9. The number of rotatable bonds is 2. The van der Waals surface area contributed by atoms with Crippen LogP contribution in [0.1, 0.15) is 51.8 Å². The van der Waals surface area contributed by atoms with Crippen LogP contribution in [0.3, 0.4) is 0 Å². The third-order valence-corrected chi connectivity index (χ3v) is 7.92. The molecule has 1 heteroatoms. The highest BCUT2D eigenvalue weighted by molar-refractivity contribution is 7.97. The summed E-state index contributed by atoms with van der Waals surface area (Å²) in [5.74, 6) is 1.52. The minimum absolute atomic E-state index is 0.176. The van der Waals surface area contributed by atoms with E-state index in [0.717, 1.165) is 0 Å². The molecule has 2 atom stereocenters. The molecular formula is C25H27S+. The highest BCUT2D eigenvalue weighted by atomic mass is 32.2. The predicted molar refractivity (Wildman–Crippen MR) is 114 cm³/mol. The van der Waals surface area contributed by atoms with Gasteiger partial charge in [0.1, 0.15) is 5.75 Å². The molecule has 0 N–H and O–H groups in total. The lowest BCUT2D eigenvalue weighted by Gasteiger charge is -2.30. The molecule has 132 valence electrons. The van der Waals surface area contributed by atoms with Crippen molar-refractivity contribution in [3.8, 4) is 0 Å². The van der Waals surface area contributed by atoms with Gasteiger partial charge in [0.25, 0.3) is 0 Å². The van der Waals surface area contributed by atoms with E-state index in [2.05, 4.69) is 89.2 Å². The molecule has 26 heavy (non-hydrogen) atoms. The van der Waals surface area contributed by atoms with E-state index in [1.165, 1.54) is 49.6 Å². The second-order valence-electron chi connectivity index (χ2n) is 7.50. The fourth-order valence-corrected chi connectivity index (χ4v) is 6.96. The Balaban J connectivity index is 2.06. The Labute approximate surface area is 160 Å². The Kier molecular flexibility index (Phi) is 4.44. The first-order chi connectivity index (χ1) is 12.5. The summed E-state index contributed by atoms with van der Waals surface area (Å²) in [6, 6.07) is 20.9. The molecule has 3 aromatic rings. The van der Waals surface area contributed by atoms with Crippen molar-refractivity contribution >= 4 is 10.9 Å². The highest BCUT2D eigenvalue weighted by Crippen LogP contribution is 2.47. The van der Waals surface area contributed by atoms with Crippen molar-refractivity contribution in [3.63, 3.8) is 0 Å². The smallest absolute Gasteiger partial charge is 0.0616 e. The van der Waals surface area contributed by atoms with Gasteiger partial charge in [0.2, 0.25) is 0 Å². The summed E-state index contributed by atoms with van der Waals surface area (Å²) in [5.41, 5.74) is 10.0. The van der Waals surface area contributed by atoms with E-state index in [-0.39, 0.29) is 10.9 Å². The van der Waals surface area contributed by atoms with Gasteiger partial charge in [0, 0.05) is 17.0 Å². The Morgan fingerprint density at radius 3 is 2.08 bits per heavy atom. The van der Waals surface area contributed by atoms with Crippen molar-refractivity contribution in [1.82, 2.24) is 0 Å². The molecule has 0 nitrogen and oxygen atoms in total. The molecule has 1 unspecified atom stereocenters. The zero-order chi connectivity index (χ0) is 18.4. The number of hydrogen-bond donors (Lipinski definition) is 0. The van der Waals surface area contributed by atoms with Gasteiger partial charge in [-0.1, -0.05) is 48.0 Å². The largest absolute Gasteiger partial charge is 0.165 e. The molecule has 0 amide bonds. The van der Waals surface area contributed by atoms with Crippen LogP contribution < -0.4 is 0 Å². The van der Waals surface area contributed by atoms with Crippen molar-refractivity contribution in [2.24, 2.45) is 0 Å². The van der Waals surface area contributed by atoms with Crippen LogP contribution in [-0.2, 0) is 10.9 Å². The van der Waals surface area contributed by atoms with E-state index in [4.69, 9.17) is 0 Å². The van der Waals surface area contributed by atoms with Gasteiger partial charge in [-0.25, -0.2) is 0 Å². The van der Waals surface area contributed by atoms with Gasteiger partial charge < -0.3 is 0 Å². The molecule has 0 fully saturated rings. The van der Waals surface area contributed by atoms with Crippen LogP contribution in [0.2, 0.25) is 0 Å². The zero-order valence-electron chi connectivity index (χ0n) is 16.4. The molecule has 0 aliphatic carbocycles. The molecule has 0 spiro atoms. The minimum Gasteiger partial charge on any atom is -0.0616 e. The predicted octanol–water partition coefficient (Wildman–Crippen LogP) is 6.47. The minimum atomic E-state index is 0.176. The van der Waals surface area contributed by atoms with Crippen molar-refractivity contribution in [3.05, 3.63) is 93.5 Å². The summed E-state index contributed by atoms with van der Waals surface area (Å²) in [4.78, 5) is 3.09. The van der Waals surface area contributed by atoms with Crippen molar-refractivity contribution in [1.29, 1.82) is 0 Å². The Morgan fingerprint density at radius 2 is 1.38 bits per heavy atom. The fraction of sp³-hybridized carbons (Fsp3) is 0.280. The van der Waals surface area contributed by atoms with Crippen LogP contribution in [0.15, 0.2) is 64.4 Å². The standard InChI is InChI=1S/C25H27S/c1-6-26-22-10-8-7-9-20(22)25(21-12-11-16(2)15-23(21)26)24-18(4)13-17(3)14-19(24)5/h7-15,25H,6H2,1-5H3/q+1/t25-,26?/m1/s1. The normalized spacial score (nSPS) is 18.3. The molecule has 4 rings (SSSR count). The molecule has 0 bridgehead atoms. The maximum Gasteiger partial charge on any atom is 0.165 e. The average molecular weight is 360 g/mol. The maximum atomic E-state index is 2.43. The number of benzene rings is 3. The molecule has 0 aromatic heterocycles. The van der Waals surface area contributed by atoms with E-state index >= 15 is 0 Å². The molecule has 3 aromatic carbocycles. The van der Waals surface area contributed by atoms with Crippen LogP contribution >= 0.6 is 0 Å². The van der Waals surface area contributed by atoms with Gasteiger partial charge in [-0.2, -0.15) is 0 Å². The fourth-order valence-electron chi connectivity index (χ4n) is 4.59. The number of hydrogen-bond acceptors (Lipinski definition) is 0. The molecule has 1 aliphatic heterocycles. The molecule has 0 radical (unpaired) electrons. The summed E-state index contributed by atoms with van der Waals surface area (Å²) in [5, 5.41) is 0. The van der Waals surface area contributed by atoms with Gasteiger partial charge >= 0.3 is 0 Å². The Hall–Kier alpha value is -1.99. The third kappa shape index (κ3) is 2.70. The summed E-state index contributed by atoms with van der Waals surface area (Å²) >= 11 is 0. The molecule has 1 heterocycles. The molecule has 0 saturated heterocycles. The SMILES string of the molecule is CC[S+]1c2ccccc2[C@@H](c2c(C)cc(C)cc2C)c2ccc(C)cc21. The van der Waals surface area contributed by atoms with Gasteiger partial charge in [0.15, 0.2) is 9.79 Å².